The van der Waals surface area contributed by atoms with Gasteiger partial charge in [-0.15, -0.1) is 0 Å². The number of alkyl halides is 3. The van der Waals surface area contributed by atoms with Crippen LogP contribution in [0.2, 0.25) is 0 Å². The minimum Gasteiger partial charge on any atom is -0.285 e. The Morgan fingerprint density at radius 2 is 1.37 bits per heavy atom. The third kappa shape index (κ3) is 12.0. The van der Waals surface area contributed by atoms with E-state index in [2.05, 4.69) is 6.92 Å². The van der Waals surface area contributed by atoms with E-state index in [1.165, 1.54) is 44.6 Å². The predicted molar refractivity (Wildman–Crippen MR) is 72.0 cm³/mol. The lowest BCUT2D eigenvalue weighted by molar-refractivity contribution is -0.165. The van der Waals surface area contributed by atoms with Crippen molar-refractivity contribution >= 4 is 5.78 Å². The van der Waals surface area contributed by atoms with E-state index in [0.717, 1.165) is 19.3 Å². The third-order valence-corrected chi connectivity index (χ3v) is 3.02. The molecular weight excluding hydrogens is 253 g/mol. The van der Waals surface area contributed by atoms with Gasteiger partial charge in [0.15, 0.2) is 0 Å². The van der Waals surface area contributed by atoms with Crippen molar-refractivity contribution in [2.75, 3.05) is 0 Å². The number of carbonyl (C=O) groups is 1. The molecule has 0 aromatic carbocycles. The average Bonchev–Trinajstić information content (AvgIpc) is 2.34. The Balaban J connectivity index is 3.32. The maximum Gasteiger partial charge on any atom is 0.454 e. The van der Waals surface area contributed by atoms with Crippen LogP contribution in [0.5, 0.6) is 0 Å². The monoisotopic (exact) mass is 278 g/mol. The first-order chi connectivity index (χ1) is 8.98. The van der Waals surface area contributed by atoms with Gasteiger partial charge in [-0.2, -0.15) is 13.2 Å². The number of hydrogen-bond donors (Lipinski definition) is 0. The molecule has 4 heteroatoms. The summed E-state index contributed by atoms with van der Waals surface area (Å²) >= 11 is 0. The minimum absolute atomic E-state index is 0.553. The minimum atomic E-state index is -4.73. The fraction of sp³-hybridized carbons (Fsp3) is 0.800. The van der Waals surface area contributed by atoms with Gasteiger partial charge in [-0.3, -0.25) is 4.79 Å². The zero-order valence-corrected chi connectivity index (χ0v) is 11.8. The summed E-state index contributed by atoms with van der Waals surface area (Å²) in [6.45, 7) is 2.19. The molecule has 0 aliphatic rings. The number of carbonyl (C=O) groups excluding carboxylic acids is 1. The average molecular weight is 278 g/mol. The largest absolute Gasteiger partial charge is 0.454 e. The maximum absolute atomic E-state index is 11.9. The third-order valence-electron chi connectivity index (χ3n) is 3.02. The van der Waals surface area contributed by atoms with Crippen LogP contribution >= 0.6 is 0 Å². The second-order valence-electron chi connectivity index (χ2n) is 4.88. The van der Waals surface area contributed by atoms with E-state index in [1.807, 2.05) is 0 Å². The van der Waals surface area contributed by atoms with E-state index in [4.69, 9.17) is 0 Å². The van der Waals surface area contributed by atoms with Crippen LogP contribution in [-0.4, -0.2) is 12.0 Å². The standard InChI is InChI=1S/C15H25F3O/c1-2-3-4-5-6-7-8-9-10-11-12-13-14(19)15(16,17)18/h12-13H,2-11H2,1H3/b13-12+. The highest BCUT2D eigenvalue weighted by Crippen LogP contribution is 2.16. The Hall–Kier alpha value is -0.800. The quantitative estimate of drug-likeness (QED) is 0.355. The van der Waals surface area contributed by atoms with Crippen LogP contribution in [0.4, 0.5) is 13.2 Å². The lowest BCUT2D eigenvalue weighted by atomic mass is 10.1. The predicted octanol–water partition coefficient (Wildman–Crippen LogP) is 5.59. The molecule has 0 saturated heterocycles. The van der Waals surface area contributed by atoms with Gasteiger partial charge < -0.3 is 0 Å². The Morgan fingerprint density at radius 3 is 1.84 bits per heavy atom. The molecule has 0 saturated carbocycles. The smallest absolute Gasteiger partial charge is 0.285 e. The van der Waals surface area contributed by atoms with Gasteiger partial charge >= 0.3 is 6.18 Å². The van der Waals surface area contributed by atoms with E-state index < -0.39 is 12.0 Å². The van der Waals surface area contributed by atoms with Gasteiger partial charge in [0.1, 0.15) is 0 Å². The van der Waals surface area contributed by atoms with Crippen molar-refractivity contribution in [2.45, 2.75) is 77.3 Å². The van der Waals surface area contributed by atoms with Crippen molar-refractivity contribution in [1.82, 2.24) is 0 Å². The van der Waals surface area contributed by atoms with Gasteiger partial charge in [-0.05, 0) is 18.9 Å². The molecule has 0 amide bonds. The Morgan fingerprint density at radius 1 is 0.895 bits per heavy atom. The van der Waals surface area contributed by atoms with Gasteiger partial charge in [0.25, 0.3) is 5.78 Å². The summed E-state index contributed by atoms with van der Waals surface area (Å²) in [7, 11) is 0. The number of halogens is 3. The van der Waals surface area contributed by atoms with E-state index in [9.17, 15) is 18.0 Å². The van der Waals surface area contributed by atoms with Crippen molar-refractivity contribution in [1.29, 1.82) is 0 Å². The summed E-state index contributed by atoms with van der Waals surface area (Å²) in [6, 6.07) is 0. The van der Waals surface area contributed by atoms with Crippen LogP contribution in [-0.2, 0) is 4.79 Å². The SMILES string of the molecule is CCCCCCCCCCC/C=C/C(=O)C(F)(F)F. The Labute approximate surface area is 114 Å². The molecule has 0 aromatic heterocycles. The summed E-state index contributed by atoms with van der Waals surface area (Å²) < 4.78 is 35.6. The number of allylic oxidation sites excluding steroid dienone is 2. The molecule has 0 fully saturated rings. The van der Waals surface area contributed by atoms with Crippen molar-refractivity contribution in [3.63, 3.8) is 0 Å². The Kier molecular flexibility index (Phi) is 10.6. The van der Waals surface area contributed by atoms with Crippen LogP contribution in [0.3, 0.4) is 0 Å². The summed E-state index contributed by atoms with van der Waals surface area (Å²) in [5, 5.41) is 0. The van der Waals surface area contributed by atoms with Crippen molar-refractivity contribution in [2.24, 2.45) is 0 Å². The van der Waals surface area contributed by atoms with Gasteiger partial charge in [0.05, 0.1) is 0 Å². The molecule has 0 atom stereocenters. The molecule has 0 aliphatic carbocycles. The molecular formula is C15H25F3O. The van der Waals surface area contributed by atoms with Crippen LogP contribution in [0, 0.1) is 0 Å². The molecule has 0 heterocycles. The summed E-state index contributed by atoms with van der Waals surface area (Å²) in [5.74, 6) is -1.76. The Bertz CT molecular complexity index is 257. The molecule has 0 unspecified atom stereocenters. The summed E-state index contributed by atoms with van der Waals surface area (Å²) in [6.07, 6.45) is 8.42. The highest BCUT2D eigenvalue weighted by Gasteiger charge is 2.35. The van der Waals surface area contributed by atoms with Gasteiger partial charge in [0, 0.05) is 0 Å². The molecule has 0 radical (unpaired) electrons. The van der Waals surface area contributed by atoms with E-state index in [-0.39, 0.29) is 0 Å². The molecule has 0 aromatic rings. The lowest BCUT2D eigenvalue weighted by Crippen LogP contribution is -2.19. The zero-order valence-electron chi connectivity index (χ0n) is 11.8. The van der Waals surface area contributed by atoms with Crippen LogP contribution < -0.4 is 0 Å². The van der Waals surface area contributed by atoms with E-state index >= 15 is 0 Å². The van der Waals surface area contributed by atoms with Crippen molar-refractivity contribution < 1.29 is 18.0 Å². The molecule has 19 heavy (non-hydrogen) atoms. The summed E-state index contributed by atoms with van der Waals surface area (Å²) in [4.78, 5) is 10.5. The molecule has 0 N–H and O–H groups in total. The second-order valence-corrected chi connectivity index (χ2v) is 4.88. The highest BCUT2D eigenvalue weighted by atomic mass is 19.4. The topological polar surface area (TPSA) is 17.1 Å². The molecule has 0 bridgehead atoms. The zero-order chi connectivity index (χ0) is 14.6. The maximum atomic E-state index is 11.9. The normalized spacial score (nSPS) is 12.2. The second kappa shape index (κ2) is 11.1. The number of unbranched alkanes of at least 4 members (excludes halogenated alkanes) is 9. The molecule has 0 rings (SSSR count). The highest BCUT2D eigenvalue weighted by molar-refractivity contribution is 5.94. The van der Waals surface area contributed by atoms with E-state index in [0.29, 0.717) is 12.5 Å². The number of rotatable bonds is 11. The molecule has 1 nitrogen and oxygen atoms in total. The van der Waals surface area contributed by atoms with Gasteiger partial charge in [-0.25, -0.2) is 0 Å². The fourth-order valence-corrected chi connectivity index (χ4v) is 1.86. The first kappa shape index (κ1) is 18.2. The van der Waals surface area contributed by atoms with Crippen LogP contribution in [0.15, 0.2) is 12.2 Å². The first-order valence-corrected chi connectivity index (χ1v) is 7.26. The van der Waals surface area contributed by atoms with Gasteiger partial charge in [-0.1, -0.05) is 64.4 Å². The van der Waals surface area contributed by atoms with Crippen molar-refractivity contribution in [3.05, 3.63) is 12.2 Å². The van der Waals surface area contributed by atoms with Gasteiger partial charge in [0.2, 0.25) is 0 Å². The number of ketones is 1. The van der Waals surface area contributed by atoms with Crippen LogP contribution in [0.1, 0.15) is 71.1 Å². The number of hydrogen-bond acceptors (Lipinski definition) is 1. The van der Waals surface area contributed by atoms with Crippen LogP contribution in [0.25, 0.3) is 0 Å². The summed E-state index contributed by atoms with van der Waals surface area (Å²) in [5.41, 5.74) is 0. The first-order valence-electron chi connectivity index (χ1n) is 7.26. The van der Waals surface area contributed by atoms with E-state index in [1.54, 1.807) is 0 Å². The molecule has 0 aliphatic heterocycles. The van der Waals surface area contributed by atoms with Crippen molar-refractivity contribution in [3.8, 4) is 0 Å². The molecule has 112 valence electrons. The fourth-order valence-electron chi connectivity index (χ4n) is 1.86. The molecule has 0 spiro atoms. The lowest BCUT2D eigenvalue weighted by Gasteiger charge is -2.01.